The van der Waals surface area contributed by atoms with Crippen LogP contribution in [0.3, 0.4) is 0 Å². The van der Waals surface area contributed by atoms with Gasteiger partial charge in [0.05, 0.1) is 5.56 Å². The van der Waals surface area contributed by atoms with Crippen LogP contribution in [0.2, 0.25) is 5.02 Å². The molecule has 0 radical (unpaired) electrons. The number of likely N-dealkylation sites (tertiary alicyclic amines) is 2. The minimum Gasteiger partial charge on any atom is -0.478 e. The second-order valence-electron chi connectivity index (χ2n) is 9.33. The fourth-order valence-corrected chi connectivity index (χ4v) is 5.16. The Balaban J connectivity index is 1.39. The van der Waals surface area contributed by atoms with E-state index in [9.17, 15) is 19.5 Å². The van der Waals surface area contributed by atoms with Crippen LogP contribution < -0.4 is 5.32 Å². The summed E-state index contributed by atoms with van der Waals surface area (Å²) in [5.74, 6) is -1.29. The van der Waals surface area contributed by atoms with E-state index in [1.54, 1.807) is 24.0 Å². The Labute approximate surface area is 204 Å². The van der Waals surface area contributed by atoms with Crippen LogP contribution in [0.1, 0.15) is 52.7 Å². The van der Waals surface area contributed by atoms with Crippen molar-refractivity contribution < 1.29 is 19.5 Å². The highest BCUT2D eigenvalue weighted by atomic mass is 35.5. The number of nitrogens with one attached hydrogen (secondary N) is 1. The molecule has 0 bridgehead atoms. The molecule has 2 heterocycles. The number of halogens is 1. The maximum atomic E-state index is 13.1. The first-order valence-electron chi connectivity index (χ1n) is 11.7. The number of carbonyl (C=O) groups excluding carboxylic acids is 2. The van der Waals surface area contributed by atoms with Crippen molar-refractivity contribution in [2.75, 3.05) is 18.4 Å². The van der Waals surface area contributed by atoms with Crippen molar-refractivity contribution in [3.05, 3.63) is 63.7 Å². The summed E-state index contributed by atoms with van der Waals surface area (Å²) in [6.45, 7) is 6.32. The summed E-state index contributed by atoms with van der Waals surface area (Å²) in [5, 5.41) is 12.9. The highest BCUT2D eigenvalue weighted by molar-refractivity contribution is 6.31. The molecule has 0 aliphatic carbocycles. The maximum absolute atomic E-state index is 13.1. The van der Waals surface area contributed by atoms with Gasteiger partial charge in [0.1, 0.15) is 6.04 Å². The number of anilines is 1. The number of rotatable bonds is 6. The Morgan fingerprint density at radius 3 is 2.50 bits per heavy atom. The molecular weight excluding hydrogens is 454 g/mol. The van der Waals surface area contributed by atoms with E-state index in [4.69, 9.17) is 11.6 Å². The molecule has 2 fully saturated rings. The summed E-state index contributed by atoms with van der Waals surface area (Å²) in [7, 11) is 0. The first-order chi connectivity index (χ1) is 16.2. The predicted molar refractivity (Wildman–Crippen MR) is 131 cm³/mol. The average Bonchev–Trinajstić information content (AvgIpc) is 3.18. The van der Waals surface area contributed by atoms with Crippen molar-refractivity contribution in [1.29, 1.82) is 0 Å². The second kappa shape index (κ2) is 10.2. The first kappa shape index (κ1) is 24.2. The highest BCUT2D eigenvalue weighted by Crippen LogP contribution is 2.29. The molecule has 34 heavy (non-hydrogen) atoms. The van der Waals surface area contributed by atoms with E-state index in [0.717, 1.165) is 48.6 Å². The number of hydrogen-bond acceptors (Lipinski definition) is 4. The summed E-state index contributed by atoms with van der Waals surface area (Å²) in [6, 6.07) is 10.3. The lowest BCUT2D eigenvalue weighted by atomic mass is 10.0. The van der Waals surface area contributed by atoms with Crippen LogP contribution in [0, 0.1) is 13.8 Å². The molecule has 0 saturated carbocycles. The maximum Gasteiger partial charge on any atom is 0.335 e. The zero-order valence-electron chi connectivity index (χ0n) is 19.5. The summed E-state index contributed by atoms with van der Waals surface area (Å²) in [5.41, 5.74) is 3.59. The van der Waals surface area contributed by atoms with Gasteiger partial charge in [0.25, 0.3) is 0 Å². The number of carbonyl (C=O) groups is 3. The quantitative estimate of drug-likeness (QED) is 0.641. The molecular formula is C26H30ClN3O4. The van der Waals surface area contributed by atoms with E-state index in [0.29, 0.717) is 18.5 Å². The van der Waals surface area contributed by atoms with E-state index in [1.807, 2.05) is 19.1 Å². The van der Waals surface area contributed by atoms with E-state index in [-0.39, 0.29) is 23.4 Å². The van der Waals surface area contributed by atoms with Crippen LogP contribution in [0.4, 0.5) is 5.69 Å². The van der Waals surface area contributed by atoms with Crippen LogP contribution >= 0.6 is 11.6 Å². The van der Waals surface area contributed by atoms with Crippen LogP contribution in [0.5, 0.6) is 0 Å². The van der Waals surface area contributed by atoms with Gasteiger partial charge in [-0.05, 0) is 74.1 Å². The monoisotopic (exact) mass is 483 g/mol. The van der Waals surface area contributed by atoms with Gasteiger partial charge in [0.15, 0.2) is 0 Å². The third kappa shape index (κ3) is 5.42. The number of amides is 2. The number of carboxylic acids is 1. The molecule has 4 rings (SSSR count). The van der Waals surface area contributed by atoms with E-state index in [1.165, 1.54) is 11.6 Å². The average molecular weight is 484 g/mol. The zero-order chi connectivity index (χ0) is 24.4. The van der Waals surface area contributed by atoms with Crippen molar-refractivity contribution in [3.8, 4) is 0 Å². The Hall–Kier alpha value is -2.90. The molecule has 2 saturated heterocycles. The summed E-state index contributed by atoms with van der Waals surface area (Å²) in [6.07, 6.45) is 2.47. The standard InChI is InChI=1S/C26H30ClN3O4/c1-16-11-19(26(33)34)14-20(12-16)28-25(32)23-5-6-24(31)30(23)21-7-9-29(10-8-21)15-18-3-4-22(27)17(2)13-18/h3-4,11-14,21,23H,5-10,15H2,1-2H3,(H,28,32)(H,33,34)/t23-/m1/s1. The van der Waals surface area contributed by atoms with Crippen LogP contribution in [0.15, 0.2) is 36.4 Å². The Morgan fingerprint density at radius 2 is 1.82 bits per heavy atom. The van der Waals surface area contributed by atoms with Crippen molar-refractivity contribution in [2.24, 2.45) is 0 Å². The largest absolute Gasteiger partial charge is 0.478 e. The third-order valence-corrected chi connectivity index (χ3v) is 7.15. The summed E-state index contributed by atoms with van der Waals surface area (Å²) < 4.78 is 0. The number of benzene rings is 2. The van der Waals surface area contributed by atoms with Gasteiger partial charge in [0, 0.05) is 42.8 Å². The fraction of sp³-hybridized carbons (Fsp3) is 0.423. The number of hydrogen-bond donors (Lipinski definition) is 2. The van der Waals surface area contributed by atoms with Crippen molar-refractivity contribution in [1.82, 2.24) is 9.80 Å². The molecule has 180 valence electrons. The van der Waals surface area contributed by atoms with Crippen molar-refractivity contribution in [3.63, 3.8) is 0 Å². The van der Waals surface area contributed by atoms with Crippen LogP contribution in [-0.4, -0.2) is 57.9 Å². The van der Waals surface area contributed by atoms with Gasteiger partial charge < -0.3 is 15.3 Å². The number of aryl methyl sites for hydroxylation is 2. The molecule has 1 atom stereocenters. The molecule has 2 amide bonds. The molecule has 2 aromatic rings. The number of carboxylic acid groups (broad SMARTS) is 1. The zero-order valence-corrected chi connectivity index (χ0v) is 20.3. The Morgan fingerprint density at radius 1 is 1.09 bits per heavy atom. The van der Waals surface area contributed by atoms with Gasteiger partial charge in [-0.1, -0.05) is 23.7 Å². The topological polar surface area (TPSA) is 90.0 Å². The van der Waals surface area contributed by atoms with Gasteiger partial charge in [0.2, 0.25) is 11.8 Å². The lowest BCUT2D eigenvalue weighted by Gasteiger charge is -2.39. The minimum atomic E-state index is -1.04. The van der Waals surface area contributed by atoms with Gasteiger partial charge in [-0.15, -0.1) is 0 Å². The number of nitrogens with zero attached hydrogens (tertiary/aromatic N) is 2. The first-order valence-corrected chi connectivity index (χ1v) is 12.0. The molecule has 2 aliphatic rings. The van der Waals surface area contributed by atoms with E-state index >= 15 is 0 Å². The summed E-state index contributed by atoms with van der Waals surface area (Å²) >= 11 is 6.14. The van der Waals surface area contributed by atoms with Gasteiger partial charge in [-0.25, -0.2) is 4.79 Å². The molecule has 2 N–H and O–H groups in total. The molecule has 0 aromatic heterocycles. The number of piperidine rings is 1. The lowest BCUT2D eigenvalue weighted by Crippen LogP contribution is -2.51. The lowest BCUT2D eigenvalue weighted by molar-refractivity contribution is -0.136. The molecule has 0 spiro atoms. The van der Waals surface area contributed by atoms with E-state index < -0.39 is 12.0 Å². The fourth-order valence-electron chi connectivity index (χ4n) is 5.04. The van der Waals surface area contributed by atoms with Gasteiger partial charge >= 0.3 is 5.97 Å². The molecule has 2 aliphatic heterocycles. The van der Waals surface area contributed by atoms with Gasteiger partial charge in [-0.3, -0.25) is 14.5 Å². The molecule has 8 heteroatoms. The van der Waals surface area contributed by atoms with Gasteiger partial charge in [-0.2, -0.15) is 0 Å². The Kier molecular flexibility index (Phi) is 7.24. The SMILES string of the molecule is Cc1cc(NC(=O)[C@H]2CCC(=O)N2C2CCN(Cc3ccc(Cl)c(C)c3)CC2)cc(C(=O)O)c1. The Bertz CT molecular complexity index is 1110. The van der Waals surface area contributed by atoms with Crippen molar-refractivity contribution in [2.45, 2.75) is 58.2 Å². The third-order valence-electron chi connectivity index (χ3n) is 6.73. The molecule has 7 nitrogen and oxygen atoms in total. The van der Waals surface area contributed by atoms with E-state index in [2.05, 4.69) is 16.3 Å². The normalized spacial score (nSPS) is 19.4. The highest BCUT2D eigenvalue weighted by Gasteiger charge is 2.41. The predicted octanol–water partition coefficient (Wildman–Crippen LogP) is 4.25. The second-order valence-corrected chi connectivity index (χ2v) is 9.74. The molecule has 0 unspecified atom stereocenters. The van der Waals surface area contributed by atoms with Crippen LogP contribution in [0.25, 0.3) is 0 Å². The number of aromatic carboxylic acids is 1. The van der Waals surface area contributed by atoms with Crippen molar-refractivity contribution >= 4 is 35.1 Å². The summed E-state index contributed by atoms with van der Waals surface area (Å²) in [4.78, 5) is 41.3. The minimum absolute atomic E-state index is 0.0161. The molecule has 2 aromatic carbocycles. The smallest absolute Gasteiger partial charge is 0.335 e. The van der Waals surface area contributed by atoms with Crippen LogP contribution in [-0.2, 0) is 16.1 Å².